The van der Waals surface area contributed by atoms with Crippen molar-refractivity contribution in [1.29, 1.82) is 0 Å². The fourth-order valence-corrected chi connectivity index (χ4v) is 2.73. The van der Waals surface area contributed by atoms with Gasteiger partial charge in [-0.05, 0) is 29.2 Å². The minimum absolute atomic E-state index is 0.105. The summed E-state index contributed by atoms with van der Waals surface area (Å²) in [4.78, 5) is 22.7. The maximum atomic E-state index is 12.5. The van der Waals surface area contributed by atoms with Crippen molar-refractivity contribution in [2.75, 3.05) is 12.4 Å². The van der Waals surface area contributed by atoms with Gasteiger partial charge in [-0.25, -0.2) is 9.97 Å². The number of nitrogens with one attached hydrogen (secondary N) is 1. The number of amides is 1. The smallest absolute Gasteiger partial charge is 0.257 e. The lowest BCUT2D eigenvalue weighted by molar-refractivity contribution is 0.0784. The monoisotopic (exact) mass is 360 g/mol. The molecule has 1 heterocycles. The van der Waals surface area contributed by atoms with Crippen LogP contribution in [-0.2, 0) is 6.54 Å². The molecule has 1 aromatic heterocycles. The van der Waals surface area contributed by atoms with Gasteiger partial charge in [0.2, 0.25) is 5.95 Å². The molecule has 0 saturated carbocycles. The van der Waals surface area contributed by atoms with E-state index >= 15 is 0 Å². The van der Waals surface area contributed by atoms with Gasteiger partial charge < -0.3 is 10.2 Å². The van der Waals surface area contributed by atoms with Gasteiger partial charge in [0.15, 0.2) is 0 Å². The van der Waals surface area contributed by atoms with Crippen LogP contribution in [0.3, 0.4) is 0 Å². The molecule has 27 heavy (non-hydrogen) atoms. The molecule has 1 amide bonds. The summed E-state index contributed by atoms with van der Waals surface area (Å²) in [5.41, 5.74) is 3.75. The first kappa shape index (κ1) is 18.6. The van der Waals surface area contributed by atoms with Crippen molar-refractivity contribution < 1.29 is 4.79 Å². The Morgan fingerprint density at radius 2 is 1.63 bits per heavy atom. The first-order valence-electron chi connectivity index (χ1n) is 9.01. The molecule has 3 rings (SSSR count). The van der Waals surface area contributed by atoms with Crippen LogP contribution in [0.2, 0.25) is 0 Å². The Morgan fingerprint density at radius 1 is 1.00 bits per heavy atom. The van der Waals surface area contributed by atoms with Crippen LogP contribution < -0.4 is 5.32 Å². The van der Waals surface area contributed by atoms with E-state index in [1.165, 1.54) is 5.56 Å². The molecule has 0 radical (unpaired) electrons. The quantitative estimate of drug-likeness (QED) is 0.697. The predicted molar refractivity (Wildman–Crippen MR) is 108 cm³/mol. The van der Waals surface area contributed by atoms with E-state index in [1.54, 1.807) is 24.3 Å². The third-order valence-electron chi connectivity index (χ3n) is 4.34. The summed E-state index contributed by atoms with van der Waals surface area (Å²) in [6.45, 7) is 4.87. The SMILES string of the molecule is CC(C)c1ccc(Nc2ncc(C(=O)N(C)Cc3ccccc3)cn2)cc1. The van der Waals surface area contributed by atoms with Crippen LogP contribution in [0.5, 0.6) is 0 Å². The number of aromatic nitrogens is 2. The second-order valence-electron chi connectivity index (χ2n) is 6.84. The van der Waals surface area contributed by atoms with E-state index in [0.717, 1.165) is 11.3 Å². The molecule has 2 aromatic carbocycles. The molecular weight excluding hydrogens is 336 g/mol. The summed E-state index contributed by atoms with van der Waals surface area (Å²) in [5.74, 6) is 0.856. The summed E-state index contributed by atoms with van der Waals surface area (Å²) in [7, 11) is 1.78. The van der Waals surface area contributed by atoms with E-state index < -0.39 is 0 Å². The fraction of sp³-hybridized carbons (Fsp3) is 0.227. The fourth-order valence-electron chi connectivity index (χ4n) is 2.73. The molecule has 0 spiro atoms. The number of anilines is 2. The molecule has 0 saturated heterocycles. The van der Waals surface area contributed by atoms with E-state index in [1.807, 2.05) is 42.5 Å². The molecule has 0 bridgehead atoms. The highest BCUT2D eigenvalue weighted by Gasteiger charge is 2.13. The van der Waals surface area contributed by atoms with Crippen LogP contribution in [0.1, 0.15) is 41.3 Å². The van der Waals surface area contributed by atoms with Crippen molar-refractivity contribution in [3.63, 3.8) is 0 Å². The van der Waals surface area contributed by atoms with Gasteiger partial charge in [-0.3, -0.25) is 4.79 Å². The average molecular weight is 360 g/mol. The molecule has 5 heteroatoms. The Kier molecular flexibility index (Phi) is 5.81. The summed E-state index contributed by atoms with van der Waals surface area (Å²) >= 11 is 0. The lowest BCUT2D eigenvalue weighted by Gasteiger charge is -2.17. The Labute approximate surface area is 160 Å². The van der Waals surface area contributed by atoms with E-state index in [0.29, 0.717) is 24.0 Å². The third-order valence-corrected chi connectivity index (χ3v) is 4.34. The minimum Gasteiger partial charge on any atom is -0.337 e. The maximum Gasteiger partial charge on any atom is 0.257 e. The number of nitrogens with zero attached hydrogens (tertiary/aromatic N) is 3. The lowest BCUT2D eigenvalue weighted by atomic mass is 10.0. The predicted octanol–water partition coefficient (Wildman–Crippen LogP) is 4.62. The third kappa shape index (κ3) is 4.91. The lowest BCUT2D eigenvalue weighted by Crippen LogP contribution is -2.26. The molecule has 1 N–H and O–H groups in total. The van der Waals surface area contributed by atoms with Crippen LogP contribution in [0, 0.1) is 0 Å². The molecule has 5 nitrogen and oxygen atoms in total. The van der Waals surface area contributed by atoms with Gasteiger partial charge in [0, 0.05) is 31.7 Å². The van der Waals surface area contributed by atoms with Crippen LogP contribution in [0.15, 0.2) is 67.0 Å². The second-order valence-corrected chi connectivity index (χ2v) is 6.84. The molecule has 0 fully saturated rings. The van der Waals surface area contributed by atoms with Crippen molar-refractivity contribution in [1.82, 2.24) is 14.9 Å². The Hall–Kier alpha value is -3.21. The molecule has 138 valence electrons. The van der Waals surface area contributed by atoms with Gasteiger partial charge in [0.1, 0.15) is 0 Å². The van der Waals surface area contributed by atoms with Crippen molar-refractivity contribution >= 4 is 17.5 Å². The van der Waals surface area contributed by atoms with Crippen molar-refractivity contribution in [2.24, 2.45) is 0 Å². The van der Waals surface area contributed by atoms with Gasteiger partial charge in [-0.2, -0.15) is 0 Å². The number of rotatable bonds is 6. The molecule has 0 atom stereocenters. The van der Waals surface area contributed by atoms with E-state index in [4.69, 9.17) is 0 Å². The summed E-state index contributed by atoms with van der Waals surface area (Å²) < 4.78 is 0. The maximum absolute atomic E-state index is 12.5. The van der Waals surface area contributed by atoms with Gasteiger partial charge in [0.25, 0.3) is 5.91 Å². The summed E-state index contributed by atoms with van der Waals surface area (Å²) in [6, 6.07) is 18.1. The largest absolute Gasteiger partial charge is 0.337 e. The molecular formula is C22H24N4O. The highest BCUT2D eigenvalue weighted by Crippen LogP contribution is 2.19. The molecule has 0 unspecified atom stereocenters. The van der Waals surface area contributed by atoms with E-state index in [-0.39, 0.29) is 5.91 Å². The average Bonchev–Trinajstić information content (AvgIpc) is 2.69. The van der Waals surface area contributed by atoms with Crippen LogP contribution in [0.25, 0.3) is 0 Å². The van der Waals surface area contributed by atoms with Gasteiger partial charge >= 0.3 is 0 Å². The van der Waals surface area contributed by atoms with E-state index in [2.05, 4.69) is 41.3 Å². The zero-order chi connectivity index (χ0) is 19.2. The van der Waals surface area contributed by atoms with Crippen LogP contribution >= 0.6 is 0 Å². The Morgan fingerprint density at radius 3 is 2.22 bits per heavy atom. The number of hydrogen-bond donors (Lipinski definition) is 1. The Balaban J connectivity index is 1.63. The standard InChI is InChI=1S/C22H24N4O/c1-16(2)18-9-11-20(12-10-18)25-22-23-13-19(14-24-22)21(27)26(3)15-17-7-5-4-6-8-17/h4-14,16H,15H2,1-3H3,(H,23,24,25). The van der Waals surface area contributed by atoms with Gasteiger partial charge in [-0.15, -0.1) is 0 Å². The molecule has 0 aliphatic rings. The minimum atomic E-state index is -0.105. The molecule has 0 aliphatic carbocycles. The van der Waals surface area contributed by atoms with E-state index in [9.17, 15) is 4.79 Å². The zero-order valence-corrected chi connectivity index (χ0v) is 15.9. The summed E-state index contributed by atoms with van der Waals surface area (Å²) in [5, 5.41) is 3.16. The topological polar surface area (TPSA) is 58.1 Å². The number of benzene rings is 2. The second kappa shape index (κ2) is 8.45. The zero-order valence-electron chi connectivity index (χ0n) is 15.9. The highest BCUT2D eigenvalue weighted by molar-refractivity contribution is 5.93. The molecule has 3 aromatic rings. The van der Waals surface area contributed by atoms with Gasteiger partial charge in [0.05, 0.1) is 5.56 Å². The summed E-state index contributed by atoms with van der Waals surface area (Å²) in [6.07, 6.45) is 3.11. The molecule has 0 aliphatic heterocycles. The van der Waals surface area contributed by atoms with Gasteiger partial charge in [-0.1, -0.05) is 56.3 Å². The van der Waals surface area contributed by atoms with Crippen molar-refractivity contribution in [3.05, 3.63) is 83.7 Å². The van der Waals surface area contributed by atoms with Crippen molar-refractivity contribution in [3.8, 4) is 0 Å². The van der Waals surface area contributed by atoms with Crippen LogP contribution in [0.4, 0.5) is 11.6 Å². The Bertz CT molecular complexity index is 874. The number of carbonyl (C=O) groups is 1. The first-order chi connectivity index (χ1) is 13.0. The normalized spacial score (nSPS) is 10.7. The number of carbonyl (C=O) groups excluding carboxylic acids is 1. The number of hydrogen-bond acceptors (Lipinski definition) is 4. The first-order valence-corrected chi connectivity index (χ1v) is 9.01. The van der Waals surface area contributed by atoms with Crippen molar-refractivity contribution in [2.45, 2.75) is 26.3 Å². The van der Waals surface area contributed by atoms with Crippen LogP contribution in [-0.4, -0.2) is 27.8 Å². The highest BCUT2D eigenvalue weighted by atomic mass is 16.2.